The lowest BCUT2D eigenvalue weighted by Gasteiger charge is -2.13. The molecule has 0 fully saturated rings. The zero-order valence-electron chi connectivity index (χ0n) is 16.2. The van der Waals surface area contributed by atoms with Crippen LogP contribution >= 0.6 is 11.8 Å². The minimum atomic E-state index is -0.820. The van der Waals surface area contributed by atoms with Crippen molar-refractivity contribution < 1.29 is 18.3 Å². The number of para-hydroxylation sites is 1. The van der Waals surface area contributed by atoms with Crippen LogP contribution in [0.15, 0.2) is 65.6 Å². The van der Waals surface area contributed by atoms with Gasteiger partial charge < -0.3 is 10.1 Å². The van der Waals surface area contributed by atoms with Crippen LogP contribution in [0.25, 0.3) is 0 Å². The van der Waals surface area contributed by atoms with Crippen LogP contribution in [0.2, 0.25) is 0 Å². The van der Waals surface area contributed by atoms with Crippen molar-refractivity contribution in [3.63, 3.8) is 0 Å². The van der Waals surface area contributed by atoms with Crippen molar-refractivity contribution in [3.8, 4) is 5.75 Å². The summed E-state index contributed by atoms with van der Waals surface area (Å²) in [5.74, 6) is -0.952. The number of aryl methyl sites for hydroxylation is 1. The summed E-state index contributed by atoms with van der Waals surface area (Å²) in [7, 11) is 0. The Labute approximate surface area is 173 Å². The average molecular weight is 413 g/mol. The number of benzene rings is 3. The summed E-state index contributed by atoms with van der Waals surface area (Å²) >= 11 is 1.62. The molecule has 0 saturated carbocycles. The van der Waals surface area contributed by atoms with Gasteiger partial charge in [-0.05, 0) is 56.3 Å². The van der Waals surface area contributed by atoms with E-state index in [1.807, 2.05) is 38.1 Å². The average Bonchev–Trinajstić information content (AvgIpc) is 2.71. The maximum Gasteiger partial charge on any atom is 0.255 e. The quantitative estimate of drug-likeness (QED) is 0.468. The van der Waals surface area contributed by atoms with Crippen molar-refractivity contribution in [2.75, 3.05) is 11.9 Å². The summed E-state index contributed by atoms with van der Waals surface area (Å²) in [6.45, 7) is 4.41. The van der Waals surface area contributed by atoms with Crippen molar-refractivity contribution >= 4 is 23.4 Å². The van der Waals surface area contributed by atoms with E-state index in [1.165, 1.54) is 11.6 Å². The summed E-state index contributed by atoms with van der Waals surface area (Å²) in [5.41, 5.74) is 1.86. The van der Waals surface area contributed by atoms with Crippen LogP contribution in [0, 0.1) is 18.6 Å². The summed E-state index contributed by atoms with van der Waals surface area (Å²) in [6, 6.07) is 16.6. The molecule has 0 aromatic heterocycles. The Morgan fingerprint density at radius 3 is 2.38 bits per heavy atom. The first kappa shape index (κ1) is 20.9. The van der Waals surface area contributed by atoms with Crippen LogP contribution in [0.3, 0.4) is 0 Å². The zero-order chi connectivity index (χ0) is 20.8. The van der Waals surface area contributed by atoms with Crippen molar-refractivity contribution in [2.45, 2.75) is 24.5 Å². The van der Waals surface area contributed by atoms with Crippen molar-refractivity contribution in [2.24, 2.45) is 0 Å². The number of ether oxygens (including phenoxy) is 1. The molecule has 0 unspecified atom stereocenters. The SMILES string of the molecule is CCOc1ccc(C(=O)Nc2c(F)cccc2F)cc1CSc1ccc(C)cc1. The predicted molar refractivity (Wildman–Crippen MR) is 113 cm³/mol. The molecule has 0 radical (unpaired) electrons. The molecule has 0 aliphatic heterocycles. The highest BCUT2D eigenvalue weighted by atomic mass is 32.2. The number of nitrogens with one attached hydrogen (secondary N) is 1. The molecule has 0 saturated heterocycles. The minimum Gasteiger partial charge on any atom is -0.494 e. The van der Waals surface area contributed by atoms with Crippen molar-refractivity contribution in [1.29, 1.82) is 0 Å². The minimum absolute atomic E-state index is 0.301. The fourth-order valence-corrected chi connectivity index (χ4v) is 3.60. The normalized spacial score (nSPS) is 10.6. The van der Waals surface area contributed by atoms with Crippen LogP contribution in [0.1, 0.15) is 28.4 Å². The molecule has 29 heavy (non-hydrogen) atoms. The van der Waals surface area contributed by atoms with Crippen molar-refractivity contribution in [3.05, 3.63) is 89.0 Å². The molecule has 3 rings (SSSR count). The number of carbonyl (C=O) groups is 1. The molecule has 6 heteroatoms. The molecular formula is C23H21F2NO2S. The molecule has 0 aliphatic carbocycles. The Balaban J connectivity index is 1.81. The number of anilines is 1. The van der Waals surface area contributed by atoms with Gasteiger partial charge in [-0.25, -0.2) is 8.78 Å². The second-order valence-corrected chi connectivity index (χ2v) is 7.46. The molecule has 0 bridgehead atoms. The van der Waals surface area contributed by atoms with Gasteiger partial charge in [0, 0.05) is 21.8 Å². The number of rotatable bonds is 7. The fourth-order valence-electron chi connectivity index (χ4n) is 2.73. The summed E-state index contributed by atoms with van der Waals surface area (Å²) in [6.07, 6.45) is 0. The van der Waals surface area contributed by atoms with Crippen LogP contribution in [-0.4, -0.2) is 12.5 Å². The highest BCUT2D eigenvalue weighted by Crippen LogP contribution is 2.30. The van der Waals surface area contributed by atoms with Gasteiger partial charge in [-0.1, -0.05) is 23.8 Å². The third-order valence-electron chi connectivity index (χ3n) is 4.24. The van der Waals surface area contributed by atoms with Gasteiger partial charge in [-0.15, -0.1) is 11.8 Å². The molecule has 3 aromatic carbocycles. The molecule has 3 aromatic rings. The molecule has 1 amide bonds. The monoisotopic (exact) mass is 413 g/mol. The van der Waals surface area contributed by atoms with Gasteiger partial charge in [0.25, 0.3) is 5.91 Å². The van der Waals surface area contributed by atoms with Crippen LogP contribution in [-0.2, 0) is 5.75 Å². The van der Waals surface area contributed by atoms with Gasteiger partial charge in [0.1, 0.15) is 23.1 Å². The Morgan fingerprint density at radius 2 is 1.72 bits per heavy atom. The number of amides is 1. The van der Waals surface area contributed by atoms with E-state index in [0.29, 0.717) is 23.7 Å². The van der Waals surface area contributed by atoms with E-state index in [-0.39, 0.29) is 0 Å². The Morgan fingerprint density at radius 1 is 1.03 bits per heavy atom. The summed E-state index contributed by atoms with van der Waals surface area (Å²) in [5, 5.41) is 2.32. The first-order valence-electron chi connectivity index (χ1n) is 9.18. The van der Waals surface area contributed by atoms with Gasteiger partial charge in [0.2, 0.25) is 0 Å². The standard InChI is InChI=1S/C23H21F2NO2S/c1-3-28-21-12-9-16(23(27)26-22-19(24)5-4-6-20(22)25)13-17(21)14-29-18-10-7-15(2)8-11-18/h4-13H,3,14H2,1-2H3,(H,26,27). The number of thioether (sulfide) groups is 1. The van der Waals surface area contributed by atoms with Gasteiger partial charge in [0.05, 0.1) is 6.61 Å². The third kappa shape index (κ3) is 5.35. The zero-order valence-corrected chi connectivity index (χ0v) is 17.0. The van der Waals surface area contributed by atoms with Gasteiger partial charge in [-0.2, -0.15) is 0 Å². The number of halogens is 2. The van der Waals surface area contributed by atoms with Gasteiger partial charge in [-0.3, -0.25) is 4.79 Å². The second-order valence-electron chi connectivity index (χ2n) is 6.41. The number of hydrogen-bond acceptors (Lipinski definition) is 3. The molecule has 0 spiro atoms. The molecular weight excluding hydrogens is 392 g/mol. The lowest BCUT2D eigenvalue weighted by molar-refractivity contribution is 0.102. The Kier molecular flexibility index (Phi) is 6.88. The van der Waals surface area contributed by atoms with Gasteiger partial charge >= 0.3 is 0 Å². The first-order chi connectivity index (χ1) is 14.0. The number of hydrogen-bond donors (Lipinski definition) is 1. The third-order valence-corrected chi connectivity index (χ3v) is 5.30. The lowest BCUT2D eigenvalue weighted by Crippen LogP contribution is -2.14. The topological polar surface area (TPSA) is 38.3 Å². The van der Waals surface area contributed by atoms with E-state index < -0.39 is 23.2 Å². The molecule has 1 N–H and O–H groups in total. The highest BCUT2D eigenvalue weighted by molar-refractivity contribution is 7.98. The second kappa shape index (κ2) is 9.56. The molecule has 0 aliphatic rings. The Bertz CT molecular complexity index is 986. The molecule has 0 heterocycles. The maximum absolute atomic E-state index is 13.8. The van der Waals surface area contributed by atoms with Crippen LogP contribution < -0.4 is 10.1 Å². The predicted octanol–water partition coefficient (Wildman–Crippen LogP) is 6.22. The fraction of sp³-hybridized carbons (Fsp3) is 0.174. The largest absolute Gasteiger partial charge is 0.494 e. The lowest BCUT2D eigenvalue weighted by atomic mass is 10.1. The Hall–Kier alpha value is -2.86. The first-order valence-corrected chi connectivity index (χ1v) is 10.2. The molecule has 0 atom stereocenters. The smallest absolute Gasteiger partial charge is 0.255 e. The van der Waals surface area contributed by atoms with Crippen LogP contribution in [0.4, 0.5) is 14.5 Å². The highest BCUT2D eigenvalue weighted by Gasteiger charge is 2.15. The van der Waals surface area contributed by atoms with E-state index in [9.17, 15) is 13.6 Å². The maximum atomic E-state index is 13.8. The van der Waals surface area contributed by atoms with E-state index in [1.54, 1.807) is 30.0 Å². The molecule has 3 nitrogen and oxygen atoms in total. The molecule has 150 valence electrons. The van der Waals surface area contributed by atoms with Crippen molar-refractivity contribution in [1.82, 2.24) is 0 Å². The summed E-state index contributed by atoms with van der Waals surface area (Å²) in [4.78, 5) is 13.7. The van der Waals surface area contributed by atoms with Crippen LogP contribution in [0.5, 0.6) is 5.75 Å². The summed E-state index contributed by atoms with van der Waals surface area (Å²) < 4.78 is 33.3. The van der Waals surface area contributed by atoms with E-state index in [0.717, 1.165) is 22.6 Å². The van der Waals surface area contributed by atoms with Gasteiger partial charge in [0.15, 0.2) is 0 Å². The number of carbonyl (C=O) groups excluding carboxylic acids is 1. The van der Waals surface area contributed by atoms with E-state index >= 15 is 0 Å². The van der Waals surface area contributed by atoms with E-state index in [4.69, 9.17) is 4.74 Å². The van der Waals surface area contributed by atoms with E-state index in [2.05, 4.69) is 5.32 Å².